The van der Waals surface area contributed by atoms with Crippen LogP contribution in [0.5, 0.6) is 0 Å². The smallest absolute Gasteiger partial charge is 0.0480 e. The van der Waals surface area contributed by atoms with Crippen LogP contribution in [-0.2, 0) is 4.74 Å². The lowest BCUT2D eigenvalue weighted by molar-refractivity contribution is 0.127. The largest absolute Gasteiger partial charge is 0.381 e. The van der Waals surface area contributed by atoms with E-state index in [-0.39, 0.29) is 6.04 Å². The van der Waals surface area contributed by atoms with Gasteiger partial charge in [0.1, 0.15) is 0 Å². The maximum absolute atomic E-state index is 5.42. The minimum atomic E-state index is 0.0293. The lowest BCUT2D eigenvalue weighted by atomic mass is 10.3. The van der Waals surface area contributed by atoms with Crippen molar-refractivity contribution >= 4 is 0 Å². The molecule has 0 aliphatic heterocycles. The maximum atomic E-state index is 5.42. The van der Waals surface area contributed by atoms with E-state index in [0.717, 1.165) is 26.1 Å². The molecule has 0 aromatic heterocycles. The first-order valence-corrected chi connectivity index (χ1v) is 3.93. The molecule has 0 fully saturated rings. The highest BCUT2D eigenvalue weighted by molar-refractivity contribution is 4.60. The summed E-state index contributed by atoms with van der Waals surface area (Å²) in [5, 5.41) is 0. The van der Waals surface area contributed by atoms with Crippen LogP contribution in [0.2, 0.25) is 0 Å². The van der Waals surface area contributed by atoms with Crippen LogP contribution in [0.4, 0.5) is 0 Å². The van der Waals surface area contributed by atoms with Crippen LogP contribution in [0.3, 0.4) is 0 Å². The van der Waals surface area contributed by atoms with Gasteiger partial charge in [-0.1, -0.05) is 13.3 Å². The van der Waals surface area contributed by atoms with Gasteiger partial charge in [0.25, 0.3) is 0 Å². The van der Waals surface area contributed by atoms with E-state index in [4.69, 9.17) is 10.5 Å². The Morgan fingerprint density at radius 2 is 2.20 bits per heavy atom. The van der Waals surface area contributed by atoms with E-state index >= 15 is 0 Å². The summed E-state index contributed by atoms with van der Waals surface area (Å²) in [6, 6.07) is 0.0293. The SMILES string of the molecule is [CH2]C(N)CCOCCCC. The molecule has 2 N–H and O–H groups in total. The Morgan fingerprint density at radius 3 is 2.70 bits per heavy atom. The van der Waals surface area contributed by atoms with E-state index in [2.05, 4.69) is 13.8 Å². The zero-order valence-electron chi connectivity index (χ0n) is 6.81. The number of rotatable bonds is 6. The van der Waals surface area contributed by atoms with Crippen molar-refractivity contribution in [1.82, 2.24) is 0 Å². The summed E-state index contributed by atoms with van der Waals surface area (Å²) < 4.78 is 5.26. The third-order valence-electron chi connectivity index (χ3n) is 1.28. The van der Waals surface area contributed by atoms with Crippen molar-refractivity contribution in [2.75, 3.05) is 13.2 Å². The van der Waals surface area contributed by atoms with Gasteiger partial charge in [0.15, 0.2) is 0 Å². The number of ether oxygens (including phenoxy) is 1. The number of hydrogen-bond donors (Lipinski definition) is 1. The molecule has 0 rings (SSSR count). The van der Waals surface area contributed by atoms with Crippen LogP contribution in [0.25, 0.3) is 0 Å². The standard InChI is InChI=1S/C8H18NO/c1-3-4-6-10-7-5-8(2)9/h8H,2-7,9H2,1H3. The van der Waals surface area contributed by atoms with Gasteiger partial charge < -0.3 is 10.5 Å². The molecule has 2 heteroatoms. The van der Waals surface area contributed by atoms with E-state index < -0.39 is 0 Å². The maximum Gasteiger partial charge on any atom is 0.0480 e. The highest BCUT2D eigenvalue weighted by Crippen LogP contribution is 1.91. The predicted molar refractivity (Wildman–Crippen MR) is 43.7 cm³/mol. The van der Waals surface area contributed by atoms with Gasteiger partial charge in [-0.2, -0.15) is 0 Å². The molecule has 0 amide bonds. The molecule has 0 aliphatic rings. The summed E-state index contributed by atoms with van der Waals surface area (Å²) in [6.45, 7) is 7.42. The second kappa shape index (κ2) is 7.03. The molecule has 0 saturated heterocycles. The minimum absolute atomic E-state index is 0.0293. The summed E-state index contributed by atoms with van der Waals surface area (Å²) in [5.74, 6) is 0. The second-order valence-corrected chi connectivity index (χ2v) is 2.51. The molecule has 0 aliphatic carbocycles. The van der Waals surface area contributed by atoms with Gasteiger partial charge in [-0.3, -0.25) is 0 Å². The third-order valence-corrected chi connectivity index (χ3v) is 1.28. The molecule has 0 bridgehead atoms. The lowest BCUT2D eigenvalue weighted by Crippen LogP contribution is -2.17. The topological polar surface area (TPSA) is 35.2 Å². The number of unbranched alkanes of at least 4 members (excludes halogenated alkanes) is 1. The molecular formula is C8H18NO. The Hall–Kier alpha value is -0.0800. The van der Waals surface area contributed by atoms with Crippen molar-refractivity contribution < 1.29 is 4.74 Å². The van der Waals surface area contributed by atoms with Crippen LogP contribution in [0, 0.1) is 6.92 Å². The normalized spacial score (nSPS) is 13.5. The Bertz CT molecular complexity index is 64.3. The minimum Gasteiger partial charge on any atom is -0.381 e. The molecule has 0 spiro atoms. The quantitative estimate of drug-likeness (QED) is 0.571. The molecule has 61 valence electrons. The number of nitrogens with two attached hydrogens (primary N) is 1. The van der Waals surface area contributed by atoms with Crippen molar-refractivity contribution in [3.63, 3.8) is 0 Å². The monoisotopic (exact) mass is 144 g/mol. The van der Waals surface area contributed by atoms with E-state index in [1.807, 2.05) is 0 Å². The van der Waals surface area contributed by atoms with Gasteiger partial charge in [-0.15, -0.1) is 0 Å². The second-order valence-electron chi connectivity index (χ2n) is 2.51. The highest BCUT2D eigenvalue weighted by Gasteiger charge is 1.92. The molecule has 0 heterocycles. The van der Waals surface area contributed by atoms with Crippen LogP contribution in [0.1, 0.15) is 26.2 Å². The molecular weight excluding hydrogens is 126 g/mol. The zero-order valence-corrected chi connectivity index (χ0v) is 6.81. The van der Waals surface area contributed by atoms with Gasteiger partial charge in [0.05, 0.1) is 0 Å². The molecule has 2 nitrogen and oxygen atoms in total. The molecule has 1 unspecified atom stereocenters. The van der Waals surface area contributed by atoms with Gasteiger partial charge in [0, 0.05) is 19.3 Å². The van der Waals surface area contributed by atoms with Crippen molar-refractivity contribution in [2.24, 2.45) is 5.73 Å². The summed E-state index contributed by atoms with van der Waals surface area (Å²) in [7, 11) is 0. The molecule has 1 atom stereocenters. The Morgan fingerprint density at radius 1 is 1.50 bits per heavy atom. The van der Waals surface area contributed by atoms with Crippen molar-refractivity contribution in [2.45, 2.75) is 32.2 Å². The first-order chi connectivity index (χ1) is 4.77. The average molecular weight is 144 g/mol. The average Bonchev–Trinajstić information content (AvgIpc) is 1.87. The summed E-state index contributed by atoms with van der Waals surface area (Å²) in [5.41, 5.74) is 5.42. The van der Waals surface area contributed by atoms with Crippen molar-refractivity contribution in [3.8, 4) is 0 Å². The van der Waals surface area contributed by atoms with Crippen LogP contribution in [0.15, 0.2) is 0 Å². The van der Waals surface area contributed by atoms with E-state index in [1.54, 1.807) is 0 Å². The first kappa shape index (κ1) is 9.92. The first-order valence-electron chi connectivity index (χ1n) is 3.93. The van der Waals surface area contributed by atoms with Crippen LogP contribution in [-0.4, -0.2) is 19.3 Å². The van der Waals surface area contributed by atoms with Crippen LogP contribution >= 0.6 is 0 Å². The van der Waals surface area contributed by atoms with Gasteiger partial charge >= 0.3 is 0 Å². The summed E-state index contributed by atoms with van der Waals surface area (Å²) in [6.07, 6.45) is 3.20. The van der Waals surface area contributed by atoms with Crippen molar-refractivity contribution in [3.05, 3.63) is 6.92 Å². The Labute approximate surface area is 63.7 Å². The number of hydrogen-bond acceptors (Lipinski definition) is 2. The van der Waals surface area contributed by atoms with E-state index in [9.17, 15) is 0 Å². The van der Waals surface area contributed by atoms with E-state index in [1.165, 1.54) is 6.42 Å². The fraction of sp³-hybridized carbons (Fsp3) is 0.875. The zero-order chi connectivity index (χ0) is 7.82. The van der Waals surface area contributed by atoms with Gasteiger partial charge in [-0.05, 0) is 19.8 Å². The summed E-state index contributed by atoms with van der Waals surface area (Å²) >= 11 is 0. The van der Waals surface area contributed by atoms with Gasteiger partial charge in [0.2, 0.25) is 0 Å². The molecule has 0 aromatic rings. The molecule has 1 radical (unpaired) electrons. The Kier molecular flexibility index (Phi) is 6.98. The summed E-state index contributed by atoms with van der Waals surface area (Å²) in [4.78, 5) is 0. The third kappa shape index (κ3) is 7.92. The van der Waals surface area contributed by atoms with Crippen LogP contribution < -0.4 is 5.73 Å². The van der Waals surface area contributed by atoms with E-state index in [0.29, 0.717) is 0 Å². The molecule has 0 aromatic carbocycles. The van der Waals surface area contributed by atoms with Gasteiger partial charge in [-0.25, -0.2) is 0 Å². The fourth-order valence-electron chi connectivity index (χ4n) is 0.583. The highest BCUT2D eigenvalue weighted by atomic mass is 16.5. The fourth-order valence-corrected chi connectivity index (χ4v) is 0.583. The van der Waals surface area contributed by atoms with Crippen molar-refractivity contribution in [1.29, 1.82) is 0 Å². The Balaban J connectivity index is 2.77. The molecule has 10 heavy (non-hydrogen) atoms. The molecule has 0 saturated carbocycles. The lowest BCUT2D eigenvalue weighted by Gasteiger charge is -2.04. The predicted octanol–water partition coefficient (Wildman–Crippen LogP) is 1.35.